The monoisotopic (exact) mass is 292 g/mol. The zero-order chi connectivity index (χ0) is 14.8. The van der Waals surface area contributed by atoms with E-state index in [0.29, 0.717) is 0 Å². The highest BCUT2D eigenvalue weighted by Crippen LogP contribution is 2.34. The van der Waals surface area contributed by atoms with Crippen molar-refractivity contribution >= 4 is 12.0 Å². The first kappa shape index (κ1) is 14.7. The molecule has 1 saturated carbocycles. The fourth-order valence-corrected chi connectivity index (χ4v) is 2.15. The van der Waals surface area contributed by atoms with E-state index in [1.165, 1.54) is 6.92 Å². The first-order valence-electron chi connectivity index (χ1n) is 6.43. The standard InChI is InChI=1S/C12H15F3N2O3/c1-2-19-10(18)8-9(12(13,14)15)17-11(20-8)16-7-5-3-4-6-7/h7H,2-6H2,1H3,(H,16,17). The van der Waals surface area contributed by atoms with Crippen LogP contribution in [0.5, 0.6) is 0 Å². The van der Waals surface area contributed by atoms with Gasteiger partial charge in [0.25, 0.3) is 6.01 Å². The molecule has 0 unspecified atom stereocenters. The van der Waals surface area contributed by atoms with Crippen molar-refractivity contribution in [2.75, 3.05) is 11.9 Å². The van der Waals surface area contributed by atoms with Crippen LogP contribution in [0.1, 0.15) is 48.9 Å². The van der Waals surface area contributed by atoms with E-state index < -0.39 is 23.6 Å². The largest absolute Gasteiger partial charge is 0.460 e. The van der Waals surface area contributed by atoms with Gasteiger partial charge >= 0.3 is 12.1 Å². The molecule has 0 aromatic carbocycles. The molecule has 20 heavy (non-hydrogen) atoms. The van der Waals surface area contributed by atoms with E-state index in [1.54, 1.807) is 0 Å². The topological polar surface area (TPSA) is 64.4 Å². The van der Waals surface area contributed by atoms with Gasteiger partial charge in [-0.15, -0.1) is 0 Å². The van der Waals surface area contributed by atoms with Gasteiger partial charge in [-0.05, 0) is 19.8 Å². The SMILES string of the molecule is CCOC(=O)c1oc(NC2CCCC2)nc1C(F)(F)F. The van der Waals surface area contributed by atoms with Gasteiger partial charge in [0.15, 0.2) is 5.69 Å². The average Bonchev–Trinajstić information content (AvgIpc) is 2.98. The molecule has 1 aromatic heterocycles. The van der Waals surface area contributed by atoms with Crippen molar-refractivity contribution in [1.82, 2.24) is 4.98 Å². The minimum absolute atomic E-state index is 0.0322. The number of aromatic nitrogens is 1. The van der Waals surface area contributed by atoms with Crippen LogP contribution in [-0.4, -0.2) is 23.6 Å². The second kappa shape index (κ2) is 5.72. The van der Waals surface area contributed by atoms with E-state index in [4.69, 9.17) is 4.42 Å². The third kappa shape index (κ3) is 3.23. The zero-order valence-electron chi connectivity index (χ0n) is 10.9. The number of nitrogens with one attached hydrogen (secondary N) is 1. The van der Waals surface area contributed by atoms with Crippen LogP contribution in [0.25, 0.3) is 0 Å². The van der Waals surface area contributed by atoms with Crippen LogP contribution in [0.4, 0.5) is 19.2 Å². The second-order valence-electron chi connectivity index (χ2n) is 4.54. The summed E-state index contributed by atoms with van der Waals surface area (Å²) in [6.45, 7) is 1.46. The van der Waals surface area contributed by atoms with Gasteiger partial charge in [-0.2, -0.15) is 18.2 Å². The van der Waals surface area contributed by atoms with Crippen molar-refractivity contribution in [3.05, 3.63) is 11.5 Å². The van der Waals surface area contributed by atoms with Crippen molar-refractivity contribution in [2.45, 2.75) is 44.8 Å². The van der Waals surface area contributed by atoms with Gasteiger partial charge < -0.3 is 14.5 Å². The van der Waals surface area contributed by atoms with Crippen molar-refractivity contribution in [3.63, 3.8) is 0 Å². The maximum Gasteiger partial charge on any atom is 0.437 e. The second-order valence-corrected chi connectivity index (χ2v) is 4.54. The zero-order valence-corrected chi connectivity index (χ0v) is 10.9. The number of rotatable bonds is 4. The van der Waals surface area contributed by atoms with E-state index in [2.05, 4.69) is 15.0 Å². The molecule has 0 saturated heterocycles. The van der Waals surface area contributed by atoms with Gasteiger partial charge in [0.05, 0.1) is 6.61 Å². The number of nitrogens with zero attached hydrogens (tertiary/aromatic N) is 1. The lowest BCUT2D eigenvalue weighted by atomic mass is 10.3. The predicted octanol–water partition coefficient (Wildman–Crippen LogP) is 3.22. The minimum Gasteiger partial charge on any atom is -0.460 e. The van der Waals surface area contributed by atoms with E-state index in [0.717, 1.165) is 25.7 Å². The number of halogens is 3. The third-order valence-corrected chi connectivity index (χ3v) is 3.04. The van der Waals surface area contributed by atoms with Crippen molar-refractivity contribution < 1.29 is 27.1 Å². The van der Waals surface area contributed by atoms with Gasteiger partial charge in [-0.25, -0.2) is 4.79 Å². The summed E-state index contributed by atoms with van der Waals surface area (Å²) in [5.74, 6) is -2.06. The van der Waals surface area contributed by atoms with Gasteiger partial charge in [0.1, 0.15) is 0 Å². The summed E-state index contributed by atoms with van der Waals surface area (Å²) in [4.78, 5) is 14.8. The fourth-order valence-electron chi connectivity index (χ4n) is 2.15. The molecule has 0 amide bonds. The Morgan fingerprint density at radius 1 is 1.45 bits per heavy atom. The van der Waals surface area contributed by atoms with E-state index in [-0.39, 0.29) is 18.7 Å². The third-order valence-electron chi connectivity index (χ3n) is 3.04. The molecular formula is C12H15F3N2O3. The molecule has 0 spiro atoms. The van der Waals surface area contributed by atoms with Crippen LogP contribution in [-0.2, 0) is 10.9 Å². The van der Waals surface area contributed by atoms with Crippen molar-refractivity contribution in [3.8, 4) is 0 Å². The van der Waals surface area contributed by atoms with E-state index in [1.807, 2.05) is 0 Å². The molecule has 0 bridgehead atoms. The van der Waals surface area contributed by atoms with Crippen LogP contribution in [0, 0.1) is 0 Å². The Labute approximate surface area is 113 Å². The molecule has 1 aliphatic rings. The molecule has 2 rings (SSSR count). The number of hydrogen-bond donors (Lipinski definition) is 1. The lowest BCUT2D eigenvalue weighted by Crippen LogP contribution is -2.15. The molecule has 1 fully saturated rings. The summed E-state index contributed by atoms with van der Waals surface area (Å²) in [6, 6.07) is -0.253. The van der Waals surface area contributed by atoms with Gasteiger partial charge in [0, 0.05) is 6.04 Å². The number of carbonyl (C=O) groups excluding carboxylic acids is 1. The maximum absolute atomic E-state index is 12.8. The van der Waals surface area contributed by atoms with Gasteiger partial charge in [-0.3, -0.25) is 0 Å². The normalized spacial score (nSPS) is 16.4. The van der Waals surface area contributed by atoms with Crippen LogP contribution < -0.4 is 5.32 Å². The molecule has 1 aliphatic carbocycles. The molecular weight excluding hydrogens is 277 g/mol. The molecule has 0 atom stereocenters. The Morgan fingerprint density at radius 2 is 2.10 bits per heavy atom. The van der Waals surface area contributed by atoms with Crippen LogP contribution >= 0.6 is 0 Å². The molecule has 1 aromatic rings. The minimum atomic E-state index is -4.76. The summed E-state index contributed by atoms with van der Waals surface area (Å²) >= 11 is 0. The number of oxazole rings is 1. The summed E-state index contributed by atoms with van der Waals surface area (Å²) in [5.41, 5.74) is -1.35. The summed E-state index contributed by atoms with van der Waals surface area (Å²) in [6.07, 6.45) is -1.05. The van der Waals surface area contributed by atoms with Crippen LogP contribution in [0.3, 0.4) is 0 Å². The number of alkyl halides is 3. The first-order chi connectivity index (χ1) is 9.41. The molecule has 112 valence electrons. The fraction of sp³-hybridized carbons (Fsp3) is 0.667. The number of anilines is 1. The Bertz CT molecular complexity index is 479. The molecule has 1 heterocycles. The highest BCUT2D eigenvalue weighted by Gasteiger charge is 2.42. The highest BCUT2D eigenvalue weighted by molar-refractivity contribution is 5.88. The van der Waals surface area contributed by atoms with Crippen LogP contribution in [0.2, 0.25) is 0 Å². The number of hydrogen-bond acceptors (Lipinski definition) is 5. The number of esters is 1. The lowest BCUT2D eigenvalue weighted by Gasteiger charge is -2.08. The first-order valence-corrected chi connectivity index (χ1v) is 6.43. The predicted molar refractivity (Wildman–Crippen MR) is 63.3 cm³/mol. The number of carbonyl (C=O) groups is 1. The molecule has 0 radical (unpaired) electrons. The van der Waals surface area contributed by atoms with Crippen molar-refractivity contribution in [2.24, 2.45) is 0 Å². The molecule has 8 heteroatoms. The summed E-state index contributed by atoms with van der Waals surface area (Å²) in [5, 5.41) is 2.79. The molecule has 1 N–H and O–H groups in total. The maximum atomic E-state index is 12.8. The summed E-state index contributed by atoms with van der Waals surface area (Å²) in [7, 11) is 0. The smallest absolute Gasteiger partial charge is 0.437 e. The Morgan fingerprint density at radius 3 is 2.65 bits per heavy atom. The Balaban J connectivity index is 2.24. The highest BCUT2D eigenvalue weighted by atomic mass is 19.4. The van der Waals surface area contributed by atoms with Gasteiger partial charge in [0.2, 0.25) is 5.76 Å². The van der Waals surface area contributed by atoms with E-state index in [9.17, 15) is 18.0 Å². The van der Waals surface area contributed by atoms with Crippen LogP contribution in [0.15, 0.2) is 4.42 Å². The Hall–Kier alpha value is -1.73. The lowest BCUT2D eigenvalue weighted by molar-refractivity contribution is -0.141. The summed E-state index contributed by atoms with van der Waals surface area (Å²) < 4.78 is 47.9. The van der Waals surface area contributed by atoms with E-state index >= 15 is 0 Å². The average molecular weight is 292 g/mol. The molecule has 5 nitrogen and oxygen atoms in total. The quantitative estimate of drug-likeness (QED) is 0.863. The Kier molecular flexibility index (Phi) is 4.20. The van der Waals surface area contributed by atoms with Crippen molar-refractivity contribution in [1.29, 1.82) is 0 Å². The number of ether oxygens (including phenoxy) is 1. The van der Waals surface area contributed by atoms with Gasteiger partial charge in [-0.1, -0.05) is 12.8 Å². The molecule has 0 aliphatic heterocycles.